The highest BCUT2D eigenvalue weighted by Crippen LogP contribution is 2.49. The van der Waals surface area contributed by atoms with Crippen LogP contribution in [0.15, 0.2) is 78.9 Å². The van der Waals surface area contributed by atoms with Crippen LogP contribution in [-0.2, 0) is 14.4 Å². The topological polar surface area (TPSA) is 156 Å². The Labute approximate surface area is 220 Å². The fourth-order valence-electron chi connectivity index (χ4n) is 5.70. The summed E-state index contributed by atoms with van der Waals surface area (Å²) in [6.07, 6.45) is 3.64. The minimum absolute atomic E-state index is 0.0647. The van der Waals surface area contributed by atoms with Gasteiger partial charge in [0, 0.05) is 35.6 Å². The van der Waals surface area contributed by atoms with Crippen molar-refractivity contribution < 1.29 is 24.2 Å². The monoisotopic (exact) mass is 525 g/mol. The maximum atomic E-state index is 13.9. The molecule has 1 N–H and O–H groups in total. The highest BCUT2D eigenvalue weighted by molar-refractivity contribution is 6.25. The number of para-hydroxylation sites is 1. The Morgan fingerprint density at radius 2 is 1.51 bits per heavy atom. The van der Waals surface area contributed by atoms with Crippen LogP contribution in [0.25, 0.3) is 6.08 Å². The van der Waals surface area contributed by atoms with Gasteiger partial charge in [0.1, 0.15) is 6.04 Å². The molecule has 3 aliphatic rings. The molecular weight excluding hydrogens is 506 g/mol. The van der Waals surface area contributed by atoms with E-state index in [4.69, 9.17) is 0 Å². The smallest absolute Gasteiger partial charge is 0.271 e. The Balaban J connectivity index is 1.41. The first-order chi connectivity index (χ1) is 18.8. The molecule has 0 aliphatic carbocycles. The molecule has 3 aromatic rings. The van der Waals surface area contributed by atoms with Crippen LogP contribution >= 0.6 is 0 Å². The second-order valence-corrected chi connectivity index (χ2v) is 9.39. The Hall–Kier alpha value is -5.39. The van der Waals surface area contributed by atoms with Gasteiger partial charge >= 0.3 is 0 Å². The largest absolute Gasteiger partial charge is 0.351 e. The molecule has 4 atom stereocenters. The van der Waals surface area contributed by atoms with Crippen LogP contribution < -0.4 is 15.1 Å². The lowest BCUT2D eigenvalue weighted by molar-refractivity contribution is -0.385. The lowest BCUT2D eigenvalue weighted by atomic mass is 9.88. The lowest BCUT2D eigenvalue weighted by Crippen LogP contribution is -2.50. The van der Waals surface area contributed by atoms with E-state index in [0.717, 1.165) is 16.5 Å². The van der Waals surface area contributed by atoms with E-state index in [1.165, 1.54) is 42.5 Å². The Bertz CT molecular complexity index is 1600. The van der Waals surface area contributed by atoms with Crippen LogP contribution in [0.5, 0.6) is 0 Å². The number of hydrogen-bond acceptors (Lipinski definition) is 8. The van der Waals surface area contributed by atoms with E-state index in [-0.39, 0.29) is 17.1 Å². The zero-order valence-electron chi connectivity index (χ0n) is 20.0. The number of carbonyl (C=O) groups is 3. The van der Waals surface area contributed by atoms with E-state index in [1.807, 2.05) is 24.3 Å². The van der Waals surface area contributed by atoms with Gasteiger partial charge in [-0.15, -0.1) is 0 Å². The summed E-state index contributed by atoms with van der Waals surface area (Å²) in [6, 6.07) is 16.1. The summed E-state index contributed by atoms with van der Waals surface area (Å²) in [6.45, 7) is 0. The van der Waals surface area contributed by atoms with Crippen LogP contribution in [-0.4, -0.2) is 39.7 Å². The molecule has 6 rings (SSSR count). The molecule has 0 spiro atoms. The maximum Gasteiger partial charge on any atom is 0.271 e. The maximum absolute atomic E-state index is 13.9. The van der Waals surface area contributed by atoms with E-state index in [2.05, 4.69) is 5.32 Å². The van der Waals surface area contributed by atoms with Gasteiger partial charge in [0.2, 0.25) is 17.7 Å². The molecule has 3 aromatic carbocycles. The third-order valence-corrected chi connectivity index (χ3v) is 7.33. The van der Waals surface area contributed by atoms with Gasteiger partial charge in [-0.2, -0.15) is 0 Å². The van der Waals surface area contributed by atoms with Gasteiger partial charge in [-0.3, -0.25) is 34.6 Å². The van der Waals surface area contributed by atoms with Crippen molar-refractivity contribution in [2.24, 2.45) is 11.8 Å². The first kappa shape index (κ1) is 24.0. The number of non-ortho nitro benzene ring substituents is 2. The van der Waals surface area contributed by atoms with Crippen LogP contribution in [0.4, 0.5) is 28.4 Å². The summed E-state index contributed by atoms with van der Waals surface area (Å²) in [5, 5.41) is 25.1. The van der Waals surface area contributed by atoms with Crippen LogP contribution in [0.1, 0.15) is 5.56 Å². The normalized spacial score (nSPS) is 22.8. The second kappa shape index (κ2) is 8.87. The van der Waals surface area contributed by atoms with E-state index >= 15 is 0 Å². The van der Waals surface area contributed by atoms with Crippen molar-refractivity contribution in [3.8, 4) is 0 Å². The van der Waals surface area contributed by atoms with E-state index < -0.39 is 51.5 Å². The number of fused-ring (bicyclic) bond motifs is 5. The number of benzene rings is 3. The summed E-state index contributed by atoms with van der Waals surface area (Å²) in [5.41, 5.74) is 1.44. The number of rotatable bonds is 5. The summed E-state index contributed by atoms with van der Waals surface area (Å²) in [5.74, 6) is -3.72. The van der Waals surface area contributed by atoms with Gasteiger partial charge in [0.05, 0.1) is 33.4 Å². The van der Waals surface area contributed by atoms with Gasteiger partial charge < -0.3 is 10.2 Å². The average Bonchev–Trinajstić information content (AvgIpc) is 3.41. The second-order valence-electron chi connectivity index (χ2n) is 9.39. The molecule has 39 heavy (non-hydrogen) atoms. The predicted octanol–water partition coefficient (Wildman–Crippen LogP) is 3.53. The van der Waals surface area contributed by atoms with Gasteiger partial charge in [-0.05, 0) is 29.8 Å². The fraction of sp³-hybridized carbons (Fsp3) is 0.148. The van der Waals surface area contributed by atoms with Gasteiger partial charge in [0.15, 0.2) is 0 Å². The summed E-state index contributed by atoms with van der Waals surface area (Å²) in [4.78, 5) is 65.3. The molecule has 12 nitrogen and oxygen atoms in total. The van der Waals surface area contributed by atoms with Crippen LogP contribution in [0.2, 0.25) is 0 Å². The zero-order valence-corrected chi connectivity index (χ0v) is 20.0. The molecule has 3 heterocycles. The van der Waals surface area contributed by atoms with Crippen molar-refractivity contribution in [3.05, 3.63) is 105 Å². The molecule has 3 amide bonds. The Kier molecular flexibility index (Phi) is 5.45. The van der Waals surface area contributed by atoms with Crippen molar-refractivity contribution in [1.82, 2.24) is 0 Å². The summed E-state index contributed by atoms with van der Waals surface area (Å²) < 4.78 is 0. The molecule has 2 saturated heterocycles. The van der Waals surface area contributed by atoms with E-state index in [1.54, 1.807) is 17.0 Å². The molecule has 194 valence electrons. The van der Waals surface area contributed by atoms with Gasteiger partial charge in [-0.25, -0.2) is 4.90 Å². The number of nitro groups is 2. The molecule has 2 fully saturated rings. The molecule has 3 aliphatic heterocycles. The third kappa shape index (κ3) is 3.72. The summed E-state index contributed by atoms with van der Waals surface area (Å²) >= 11 is 0. The molecule has 0 aromatic heterocycles. The number of carbonyl (C=O) groups excluding carboxylic acids is 3. The molecular formula is C27H19N5O7. The number of hydrogen-bond donors (Lipinski definition) is 1. The number of amides is 3. The average molecular weight is 525 g/mol. The summed E-state index contributed by atoms with van der Waals surface area (Å²) in [7, 11) is 0. The number of nitrogens with one attached hydrogen (secondary N) is 1. The van der Waals surface area contributed by atoms with Crippen LogP contribution in [0, 0.1) is 32.1 Å². The zero-order chi connectivity index (χ0) is 27.4. The number of anilines is 3. The molecule has 0 saturated carbocycles. The Morgan fingerprint density at radius 3 is 2.23 bits per heavy atom. The van der Waals surface area contributed by atoms with Crippen molar-refractivity contribution in [2.75, 3.05) is 15.1 Å². The molecule has 0 radical (unpaired) electrons. The standard InChI is InChI=1S/C27H19N5O7/c33-25(28-16-9-11-17(12-10-16)31(36)37)24-23-22(21-13-8-15-4-1-2-7-20(15)30(21)24)26(34)29(27(23)35)18-5-3-6-19(14-18)32(38)39/h1-14,21-24H,(H,28,33)/t21-,22+,23-,24+/m1/s1. The fourth-order valence-corrected chi connectivity index (χ4v) is 5.70. The van der Waals surface area contributed by atoms with E-state index in [9.17, 15) is 34.6 Å². The number of nitrogens with zero attached hydrogens (tertiary/aromatic N) is 4. The number of nitro benzene ring substituents is 2. The minimum Gasteiger partial charge on any atom is -0.351 e. The molecule has 0 bridgehead atoms. The highest BCUT2D eigenvalue weighted by Gasteiger charge is 2.64. The quantitative estimate of drug-likeness (QED) is 0.301. The molecule has 12 heteroatoms. The number of imide groups is 1. The third-order valence-electron chi connectivity index (χ3n) is 7.33. The first-order valence-electron chi connectivity index (χ1n) is 12.0. The van der Waals surface area contributed by atoms with Crippen LogP contribution in [0.3, 0.4) is 0 Å². The van der Waals surface area contributed by atoms with Crippen molar-refractivity contribution >= 4 is 52.2 Å². The van der Waals surface area contributed by atoms with Crippen molar-refractivity contribution in [3.63, 3.8) is 0 Å². The van der Waals surface area contributed by atoms with Crippen molar-refractivity contribution in [2.45, 2.75) is 12.1 Å². The van der Waals surface area contributed by atoms with Gasteiger partial charge in [0.25, 0.3) is 11.4 Å². The van der Waals surface area contributed by atoms with Gasteiger partial charge in [-0.1, -0.05) is 36.4 Å². The lowest BCUT2D eigenvalue weighted by Gasteiger charge is -2.36. The molecule has 0 unspecified atom stereocenters. The predicted molar refractivity (Wildman–Crippen MR) is 140 cm³/mol. The van der Waals surface area contributed by atoms with E-state index in [0.29, 0.717) is 11.4 Å². The van der Waals surface area contributed by atoms with Crippen molar-refractivity contribution in [1.29, 1.82) is 0 Å². The highest BCUT2D eigenvalue weighted by atomic mass is 16.6. The minimum atomic E-state index is -1.10. The Morgan fingerprint density at radius 1 is 0.821 bits per heavy atom. The SMILES string of the molecule is O=C(Nc1ccc([N+](=O)[O-])cc1)[C@@H]1[C@@H]2C(=O)N(c3cccc([N+](=O)[O-])c3)C(=O)[C@H]2[C@H]2C=Cc3ccccc3N21. The first-order valence-corrected chi connectivity index (χ1v) is 12.0.